The van der Waals surface area contributed by atoms with E-state index in [-0.39, 0.29) is 6.04 Å². The summed E-state index contributed by atoms with van der Waals surface area (Å²) >= 11 is 1.75. The van der Waals surface area contributed by atoms with E-state index in [0.29, 0.717) is 11.4 Å². The highest BCUT2D eigenvalue weighted by atomic mass is 32.2. The minimum atomic E-state index is -3.42. The Morgan fingerprint density at radius 3 is 2.52 bits per heavy atom. The molecule has 1 aromatic carbocycles. The summed E-state index contributed by atoms with van der Waals surface area (Å²) in [5.74, 6) is 0. The van der Waals surface area contributed by atoms with Crippen molar-refractivity contribution in [2.24, 2.45) is 0 Å². The fourth-order valence-electron chi connectivity index (χ4n) is 2.07. The molecule has 0 fully saturated rings. The zero-order valence-corrected chi connectivity index (χ0v) is 14.0. The first-order valence-electron chi connectivity index (χ1n) is 6.75. The summed E-state index contributed by atoms with van der Waals surface area (Å²) in [6, 6.07) is 11.4. The molecule has 2 rings (SSSR count). The summed E-state index contributed by atoms with van der Waals surface area (Å²) in [7, 11) is -2.00. The molecule has 2 aromatic rings. The number of sulfonamides is 1. The number of hydrogen-bond acceptors (Lipinski definition) is 4. The van der Waals surface area contributed by atoms with Crippen LogP contribution in [0.5, 0.6) is 0 Å². The molecule has 0 aliphatic carbocycles. The van der Waals surface area contributed by atoms with Crippen LogP contribution in [0.1, 0.15) is 28.3 Å². The highest BCUT2D eigenvalue weighted by molar-refractivity contribution is 7.89. The van der Waals surface area contributed by atoms with Crippen LogP contribution in [0.15, 0.2) is 41.3 Å². The van der Waals surface area contributed by atoms with Crippen molar-refractivity contribution in [2.45, 2.75) is 31.3 Å². The van der Waals surface area contributed by atoms with Gasteiger partial charge in [-0.2, -0.15) is 0 Å². The first kappa shape index (κ1) is 16.2. The van der Waals surface area contributed by atoms with Crippen molar-refractivity contribution in [3.63, 3.8) is 0 Å². The second-order valence-corrected chi connectivity index (χ2v) is 8.04. The SMILES string of the molecule is CNS(=O)(=O)c1ccccc1CN[C@@H](C)c1ccc(C)s1. The third-order valence-corrected chi connectivity index (χ3v) is 6.02. The topological polar surface area (TPSA) is 58.2 Å². The van der Waals surface area contributed by atoms with Gasteiger partial charge in [0, 0.05) is 22.3 Å². The van der Waals surface area contributed by atoms with Crippen molar-refractivity contribution >= 4 is 21.4 Å². The number of aryl methyl sites for hydroxylation is 1. The third-order valence-electron chi connectivity index (χ3n) is 3.32. The number of rotatable bonds is 6. The van der Waals surface area contributed by atoms with Gasteiger partial charge in [0.2, 0.25) is 10.0 Å². The van der Waals surface area contributed by atoms with E-state index in [1.54, 1.807) is 23.5 Å². The van der Waals surface area contributed by atoms with Gasteiger partial charge in [0.15, 0.2) is 0 Å². The monoisotopic (exact) mass is 324 g/mol. The van der Waals surface area contributed by atoms with E-state index in [2.05, 4.69) is 36.0 Å². The largest absolute Gasteiger partial charge is 0.305 e. The van der Waals surface area contributed by atoms with Gasteiger partial charge >= 0.3 is 0 Å². The average molecular weight is 324 g/mol. The molecule has 0 aliphatic rings. The van der Waals surface area contributed by atoms with Crippen LogP contribution in [0.3, 0.4) is 0 Å². The fraction of sp³-hybridized carbons (Fsp3) is 0.333. The molecule has 0 unspecified atom stereocenters. The average Bonchev–Trinajstić information content (AvgIpc) is 2.91. The van der Waals surface area contributed by atoms with Crippen molar-refractivity contribution in [1.82, 2.24) is 10.0 Å². The Morgan fingerprint density at radius 1 is 1.19 bits per heavy atom. The number of benzene rings is 1. The van der Waals surface area contributed by atoms with Gasteiger partial charge in [0.1, 0.15) is 0 Å². The van der Waals surface area contributed by atoms with E-state index in [1.807, 2.05) is 12.1 Å². The second kappa shape index (κ2) is 6.70. The highest BCUT2D eigenvalue weighted by Gasteiger charge is 2.16. The molecule has 0 bridgehead atoms. The minimum absolute atomic E-state index is 0.189. The van der Waals surface area contributed by atoms with Crippen molar-refractivity contribution in [2.75, 3.05) is 7.05 Å². The molecule has 6 heteroatoms. The molecule has 0 amide bonds. The van der Waals surface area contributed by atoms with Gasteiger partial charge in [-0.1, -0.05) is 18.2 Å². The van der Waals surface area contributed by atoms with Crippen LogP contribution < -0.4 is 10.0 Å². The fourth-order valence-corrected chi connectivity index (χ4v) is 3.94. The summed E-state index contributed by atoms with van der Waals surface area (Å²) in [6.07, 6.45) is 0. The van der Waals surface area contributed by atoms with Gasteiger partial charge < -0.3 is 5.32 Å². The molecule has 2 N–H and O–H groups in total. The van der Waals surface area contributed by atoms with E-state index >= 15 is 0 Å². The third kappa shape index (κ3) is 3.91. The van der Waals surface area contributed by atoms with Crippen LogP contribution in [0.4, 0.5) is 0 Å². The van der Waals surface area contributed by atoms with Gasteiger partial charge in [0.05, 0.1) is 4.90 Å². The zero-order chi connectivity index (χ0) is 15.5. The molecule has 0 spiro atoms. The molecule has 0 saturated carbocycles. The summed E-state index contributed by atoms with van der Waals surface area (Å²) < 4.78 is 26.4. The Balaban J connectivity index is 2.14. The van der Waals surface area contributed by atoms with E-state index in [1.165, 1.54) is 16.8 Å². The van der Waals surface area contributed by atoms with Gasteiger partial charge in [-0.25, -0.2) is 13.1 Å². The van der Waals surface area contributed by atoms with Crippen LogP contribution in [0.25, 0.3) is 0 Å². The lowest BCUT2D eigenvalue weighted by atomic mass is 10.2. The van der Waals surface area contributed by atoms with Crippen LogP contribution in [-0.2, 0) is 16.6 Å². The van der Waals surface area contributed by atoms with Gasteiger partial charge in [-0.05, 0) is 44.7 Å². The van der Waals surface area contributed by atoms with E-state index in [9.17, 15) is 8.42 Å². The van der Waals surface area contributed by atoms with Crippen LogP contribution in [0.2, 0.25) is 0 Å². The van der Waals surface area contributed by atoms with E-state index in [0.717, 1.165) is 5.56 Å². The Bertz CT molecular complexity index is 708. The quantitative estimate of drug-likeness (QED) is 0.859. The molecular formula is C15H20N2O2S2. The van der Waals surface area contributed by atoms with Crippen molar-refractivity contribution in [1.29, 1.82) is 0 Å². The predicted molar refractivity (Wildman–Crippen MR) is 87.0 cm³/mol. The molecule has 1 atom stereocenters. The Labute approximate surface area is 130 Å². The lowest BCUT2D eigenvalue weighted by Gasteiger charge is -2.14. The Morgan fingerprint density at radius 2 is 1.90 bits per heavy atom. The minimum Gasteiger partial charge on any atom is -0.305 e. The molecule has 21 heavy (non-hydrogen) atoms. The van der Waals surface area contributed by atoms with Gasteiger partial charge in [0.25, 0.3) is 0 Å². The molecule has 1 heterocycles. The smallest absolute Gasteiger partial charge is 0.240 e. The summed E-state index contributed by atoms with van der Waals surface area (Å²) in [5, 5.41) is 3.38. The Hall–Kier alpha value is -1.21. The normalized spacial score (nSPS) is 13.3. The number of thiophene rings is 1. The molecule has 0 saturated heterocycles. The first-order chi connectivity index (χ1) is 9.94. The highest BCUT2D eigenvalue weighted by Crippen LogP contribution is 2.23. The van der Waals surface area contributed by atoms with Crippen LogP contribution in [-0.4, -0.2) is 15.5 Å². The molecule has 1 aromatic heterocycles. The van der Waals surface area contributed by atoms with Crippen molar-refractivity contribution < 1.29 is 8.42 Å². The standard InChI is InChI=1S/C15H20N2O2S2/c1-11-8-9-14(20-11)12(2)17-10-13-6-4-5-7-15(13)21(18,19)16-3/h4-9,12,16-17H,10H2,1-3H3/t12-/m0/s1. The maximum atomic E-state index is 12.0. The van der Waals surface area contributed by atoms with Crippen LogP contribution in [0, 0.1) is 6.92 Å². The van der Waals surface area contributed by atoms with Crippen LogP contribution >= 0.6 is 11.3 Å². The Kier molecular flexibility index (Phi) is 5.16. The first-order valence-corrected chi connectivity index (χ1v) is 9.05. The predicted octanol–water partition coefficient (Wildman–Crippen LogP) is 2.82. The maximum absolute atomic E-state index is 12.0. The lowest BCUT2D eigenvalue weighted by molar-refractivity contribution is 0.568. The lowest BCUT2D eigenvalue weighted by Crippen LogP contribution is -2.23. The van der Waals surface area contributed by atoms with E-state index < -0.39 is 10.0 Å². The second-order valence-electron chi connectivity index (χ2n) is 4.87. The molecular weight excluding hydrogens is 304 g/mol. The van der Waals surface area contributed by atoms with E-state index in [4.69, 9.17) is 0 Å². The number of hydrogen-bond donors (Lipinski definition) is 2. The summed E-state index contributed by atoms with van der Waals surface area (Å²) in [4.78, 5) is 2.85. The molecule has 114 valence electrons. The zero-order valence-electron chi connectivity index (χ0n) is 12.4. The summed E-state index contributed by atoms with van der Waals surface area (Å²) in [6.45, 7) is 4.67. The van der Waals surface area contributed by atoms with Crippen molar-refractivity contribution in [3.05, 3.63) is 51.7 Å². The molecule has 0 aliphatic heterocycles. The van der Waals surface area contributed by atoms with Gasteiger partial charge in [-0.15, -0.1) is 11.3 Å². The summed E-state index contributed by atoms with van der Waals surface area (Å²) in [5.41, 5.74) is 0.770. The van der Waals surface area contributed by atoms with Gasteiger partial charge in [-0.3, -0.25) is 0 Å². The molecule has 4 nitrogen and oxygen atoms in total. The van der Waals surface area contributed by atoms with Crippen molar-refractivity contribution in [3.8, 4) is 0 Å². The molecule has 0 radical (unpaired) electrons. The number of nitrogens with one attached hydrogen (secondary N) is 2. The maximum Gasteiger partial charge on any atom is 0.240 e.